The summed E-state index contributed by atoms with van der Waals surface area (Å²) < 4.78 is 10.7. The van der Waals surface area contributed by atoms with Crippen molar-refractivity contribution >= 4 is 34.2 Å². The van der Waals surface area contributed by atoms with Gasteiger partial charge in [0.2, 0.25) is 5.89 Å². The maximum absolute atomic E-state index is 12.3. The zero-order valence-corrected chi connectivity index (χ0v) is 15.4. The van der Waals surface area contributed by atoms with Gasteiger partial charge in [-0.1, -0.05) is 11.6 Å². The van der Waals surface area contributed by atoms with E-state index in [1.54, 1.807) is 30.3 Å². The normalized spacial score (nSPS) is 10.8. The van der Waals surface area contributed by atoms with E-state index in [4.69, 9.17) is 20.8 Å². The Morgan fingerprint density at radius 1 is 1.10 bits per heavy atom. The van der Waals surface area contributed by atoms with Crippen molar-refractivity contribution in [3.63, 3.8) is 0 Å². The highest BCUT2D eigenvalue weighted by molar-refractivity contribution is 6.29. The second-order valence-electron chi connectivity index (χ2n) is 5.92. The van der Waals surface area contributed by atoms with Gasteiger partial charge in [0.25, 0.3) is 11.6 Å². The van der Waals surface area contributed by atoms with Crippen LogP contribution in [0.1, 0.15) is 16.2 Å². The number of non-ortho nitro benzene ring substituents is 1. The van der Waals surface area contributed by atoms with Crippen molar-refractivity contribution in [2.45, 2.75) is 6.61 Å². The maximum Gasteiger partial charge on any atom is 0.338 e. The molecule has 0 bridgehead atoms. The monoisotopic (exact) mass is 410 g/mol. The summed E-state index contributed by atoms with van der Waals surface area (Å²) >= 11 is 5.85. The van der Waals surface area contributed by atoms with Gasteiger partial charge in [-0.2, -0.15) is 0 Å². The van der Waals surface area contributed by atoms with E-state index in [0.29, 0.717) is 21.8 Å². The van der Waals surface area contributed by atoms with Crippen LogP contribution >= 0.6 is 11.6 Å². The number of nitro benzene ring substituents is 1. The zero-order valence-electron chi connectivity index (χ0n) is 14.6. The van der Waals surface area contributed by atoms with Crippen molar-refractivity contribution in [3.05, 3.63) is 81.3 Å². The SMILES string of the molecule is O=C(OCc1nnc(-c2ccc([N+](=O)[O-])cc2)o1)c1ccc2nc(Cl)ccc2c1. The number of pyridine rings is 1. The molecule has 0 saturated heterocycles. The van der Waals surface area contributed by atoms with Gasteiger partial charge in [-0.15, -0.1) is 10.2 Å². The number of carbonyl (C=O) groups excluding carboxylic acids is 1. The third kappa shape index (κ3) is 4.04. The van der Waals surface area contributed by atoms with Crippen LogP contribution in [0.4, 0.5) is 5.69 Å². The lowest BCUT2D eigenvalue weighted by Crippen LogP contribution is -2.05. The molecule has 144 valence electrons. The third-order valence-corrected chi connectivity index (χ3v) is 4.22. The number of benzene rings is 2. The Hall–Kier alpha value is -3.85. The van der Waals surface area contributed by atoms with Gasteiger partial charge in [0.05, 0.1) is 16.0 Å². The third-order valence-electron chi connectivity index (χ3n) is 4.01. The highest BCUT2D eigenvalue weighted by Gasteiger charge is 2.14. The van der Waals surface area contributed by atoms with Crippen molar-refractivity contribution in [3.8, 4) is 11.5 Å². The molecule has 0 aliphatic carbocycles. The number of ether oxygens (including phenoxy) is 1. The lowest BCUT2D eigenvalue weighted by atomic mass is 10.1. The summed E-state index contributed by atoms with van der Waals surface area (Å²) in [6.07, 6.45) is 0. The Balaban J connectivity index is 1.43. The van der Waals surface area contributed by atoms with E-state index >= 15 is 0 Å². The van der Waals surface area contributed by atoms with E-state index in [-0.39, 0.29) is 24.1 Å². The van der Waals surface area contributed by atoms with Crippen LogP contribution in [0.15, 0.2) is 59.0 Å². The molecule has 0 unspecified atom stereocenters. The van der Waals surface area contributed by atoms with Gasteiger partial charge in [-0.25, -0.2) is 9.78 Å². The standard InChI is InChI=1S/C19H11ClN4O5/c20-16-8-4-12-9-13(3-7-15(12)21-16)19(25)28-10-17-22-23-18(29-17)11-1-5-14(6-2-11)24(26)27/h1-9H,10H2. The van der Waals surface area contributed by atoms with E-state index in [1.807, 2.05) is 0 Å². The highest BCUT2D eigenvalue weighted by Crippen LogP contribution is 2.22. The van der Waals surface area contributed by atoms with E-state index in [2.05, 4.69) is 15.2 Å². The summed E-state index contributed by atoms with van der Waals surface area (Å²) in [6, 6.07) is 14.0. The van der Waals surface area contributed by atoms with Gasteiger partial charge in [0.15, 0.2) is 6.61 Å². The molecule has 9 nitrogen and oxygen atoms in total. The predicted molar refractivity (Wildman–Crippen MR) is 102 cm³/mol. The molecule has 0 aliphatic rings. The second-order valence-corrected chi connectivity index (χ2v) is 6.31. The largest absolute Gasteiger partial charge is 0.452 e. The van der Waals surface area contributed by atoms with E-state index in [9.17, 15) is 14.9 Å². The molecule has 4 rings (SSSR count). The zero-order chi connectivity index (χ0) is 20.4. The lowest BCUT2D eigenvalue weighted by Gasteiger charge is -2.04. The number of aromatic nitrogens is 3. The van der Waals surface area contributed by atoms with Crippen molar-refractivity contribution < 1.29 is 18.9 Å². The minimum atomic E-state index is -0.558. The van der Waals surface area contributed by atoms with E-state index < -0.39 is 10.9 Å². The molecule has 29 heavy (non-hydrogen) atoms. The molecule has 4 aromatic rings. The number of nitro groups is 1. The Kier molecular flexibility index (Phi) is 4.88. The van der Waals surface area contributed by atoms with Crippen LogP contribution in [-0.4, -0.2) is 26.1 Å². The summed E-state index contributed by atoms with van der Waals surface area (Å²) in [6.45, 7) is -0.213. The van der Waals surface area contributed by atoms with Crippen molar-refractivity contribution in [2.24, 2.45) is 0 Å². The molecule has 0 spiro atoms. The average molecular weight is 411 g/mol. The minimum Gasteiger partial charge on any atom is -0.452 e. The maximum atomic E-state index is 12.3. The summed E-state index contributed by atoms with van der Waals surface area (Å²) in [5.74, 6) is -0.294. The molecule has 2 aromatic carbocycles. The fourth-order valence-corrected chi connectivity index (χ4v) is 2.75. The molecule has 0 radical (unpaired) electrons. The Bertz CT molecular complexity index is 1220. The van der Waals surface area contributed by atoms with Crippen LogP contribution in [0.5, 0.6) is 0 Å². The van der Waals surface area contributed by atoms with Gasteiger partial charge in [0, 0.05) is 23.1 Å². The number of halogens is 1. The number of nitrogens with zero attached hydrogens (tertiary/aromatic N) is 4. The lowest BCUT2D eigenvalue weighted by molar-refractivity contribution is -0.384. The fourth-order valence-electron chi connectivity index (χ4n) is 2.59. The van der Waals surface area contributed by atoms with Crippen LogP contribution in [-0.2, 0) is 11.3 Å². The number of fused-ring (bicyclic) bond motifs is 1. The van der Waals surface area contributed by atoms with Crippen LogP contribution in [0, 0.1) is 10.1 Å². The molecule has 0 N–H and O–H groups in total. The molecule has 0 amide bonds. The van der Waals surface area contributed by atoms with E-state index in [1.165, 1.54) is 24.3 Å². The Morgan fingerprint density at radius 2 is 1.90 bits per heavy atom. The average Bonchev–Trinajstić information content (AvgIpc) is 3.20. The van der Waals surface area contributed by atoms with Crippen LogP contribution in [0.2, 0.25) is 5.15 Å². The molecule has 0 fully saturated rings. The number of esters is 1. The summed E-state index contributed by atoms with van der Waals surface area (Å²) in [5, 5.41) is 19.5. The van der Waals surface area contributed by atoms with Crippen LogP contribution in [0.3, 0.4) is 0 Å². The Morgan fingerprint density at radius 3 is 2.66 bits per heavy atom. The molecule has 2 heterocycles. The number of hydrogen-bond acceptors (Lipinski definition) is 8. The van der Waals surface area contributed by atoms with Gasteiger partial charge in [-0.05, 0) is 42.5 Å². The molecule has 0 saturated carbocycles. The number of rotatable bonds is 5. The molecule has 0 aliphatic heterocycles. The summed E-state index contributed by atoms with van der Waals surface area (Å²) in [5.41, 5.74) is 1.48. The van der Waals surface area contributed by atoms with Crippen LogP contribution in [0.25, 0.3) is 22.4 Å². The molecule has 10 heteroatoms. The first kappa shape index (κ1) is 18.5. The topological polar surface area (TPSA) is 121 Å². The first-order valence-corrected chi connectivity index (χ1v) is 8.68. The second kappa shape index (κ2) is 7.64. The van der Waals surface area contributed by atoms with Gasteiger partial charge < -0.3 is 9.15 Å². The molecular weight excluding hydrogens is 400 g/mol. The van der Waals surface area contributed by atoms with Crippen LogP contribution < -0.4 is 0 Å². The van der Waals surface area contributed by atoms with E-state index in [0.717, 1.165) is 5.39 Å². The van der Waals surface area contributed by atoms with Crippen molar-refractivity contribution in [1.82, 2.24) is 15.2 Å². The van der Waals surface area contributed by atoms with Gasteiger partial charge in [0.1, 0.15) is 5.15 Å². The first-order chi connectivity index (χ1) is 14.0. The summed E-state index contributed by atoms with van der Waals surface area (Å²) in [7, 11) is 0. The highest BCUT2D eigenvalue weighted by atomic mass is 35.5. The van der Waals surface area contributed by atoms with Crippen molar-refractivity contribution in [2.75, 3.05) is 0 Å². The molecule has 0 atom stereocenters. The fraction of sp³-hybridized carbons (Fsp3) is 0.0526. The van der Waals surface area contributed by atoms with Gasteiger partial charge >= 0.3 is 5.97 Å². The molecule has 2 aromatic heterocycles. The minimum absolute atomic E-state index is 0.0460. The smallest absolute Gasteiger partial charge is 0.338 e. The first-order valence-electron chi connectivity index (χ1n) is 8.30. The predicted octanol–water partition coefficient (Wildman–Crippen LogP) is 4.20. The number of carbonyl (C=O) groups is 1. The molecular formula is C19H11ClN4O5. The van der Waals surface area contributed by atoms with Gasteiger partial charge in [-0.3, -0.25) is 10.1 Å². The summed E-state index contributed by atoms with van der Waals surface area (Å²) in [4.78, 5) is 26.6. The number of hydrogen-bond donors (Lipinski definition) is 0. The van der Waals surface area contributed by atoms with Crippen molar-refractivity contribution in [1.29, 1.82) is 0 Å². The Labute approximate surface area is 168 Å². The quantitative estimate of drug-likeness (QED) is 0.207.